The van der Waals surface area contributed by atoms with Crippen molar-refractivity contribution < 1.29 is 5.11 Å². The van der Waals surface area contributed by atoms with Crippen molar-refractivity contribution in [1.29, 1.82) is 0 Å². The van der Waals surface area contributed by atoms with Crippen LogP contribution in [-0.4, -0.2) is 5.11 Å². The summed E-state index contributed by atoms with van der Waals surface area (Å²) in [4.78, 5) is 0. The fourth-order valence-electron chi connectivity index (χ4n) is 1.58. The maximum atomic E-state index is 9.98. The number of rotatable bonds is 1. The van der Waals surface area contributed by atoms with Crippen LogP contribution in [-0.2, 0) is 5.60 Å². The molecule has 1 aliphatic carbocycles. The van der Waals surface area contributed by atoms with E-state index in [0.29, 0.717) is 16.0 Å². The summed E-state index contributed by atoms with van der Waals surface area (Å²) in [6.45, 7) is 2.02. The van der Waals surface area contributed by atoms with Gasteiger partial charge in [0.2, 0.25) is 0 Å². The van der Waals surface area contributed by atoms with Gasteiger partial charge in [0.15, 0.2) is 0 Å². The van der Waals surface area contributed by atoms with Gasteiger partial charge in [-0.15, -0.1) is 0 Å². The van der Waals surface area contributed by atoms with Gasteiger partial charge in [-0.1, -0.05) is 36.2 Å². The van der Waals surface area contributed by atoms with Crippen molar-refractivity contribution >= 4 is 23.2 Å². The molecule has 1 aliphatic rings. The summed E-state index contributed by atoms with van der Waals surface area (Å²) in [5.41, 5.74) is 0.211. The molecule has 0 aliphatic heterocycles. The molecule has 0 aromatic heterocycles. The van der Waals surface area contributed by atoms with Crippen molar-refractivity contribution in [1.82, 2.24) is 0 Å². The van der Waals surface area contributed by atoms with Crippen molar-refractivity contribution in [2.24, 2.45) is 5.92 Å². The van der Waals surface area contributed by atoms with E-state index in [4.69, 9.17) is 23.2 Å². The molecule has 3 heteroatoms. The van der Waals surface area contributed by atoms with Crippen LogP contribution in [0.15, 0.2) is 18.2 Å². The van der Waals surface area contributed by atoms with Gasteiger partial charge in [-0.05, 0) is 30.0 Å². The van der Waals surface area contributed by atoms with Gasteiger partial charge in [0.25, 0.3) is 0 Å². The predicted molar refractivity (Wildman–Crippen MR) is 54.1 cm³/mol. The van der Waals surface area contributed by atoms with Crippen LogP contribution in [0.25, 0.3) is 0 Å². The van der Waals surface area contributed by atoms with Crippen LogP contribution < -0.4 is 0 Å². The Bertz CT molecular complexity index is 351. The van der Waals surface area contributed by atoms with Crippen LogP contribution in [0.2, 0.25) is 10.0 Å². The highest BCUT2D eigenvalue weighted by Gasteiger charge is 2.50. The second-order valence-electron chi connectivity index (χ2n) is 3.66. The molecule has 2 rings (SSSR count). The number of hydrogen-bond acceptors (Lipinski definition) is 1. The lowest BCUT2D eigenvalue weighted by atomic mass is 10.1. The summed E-state index contributed by atoms with van der Waals surface area (Å²) in [6.07, 6.45) is 0.810. The molecule has 0 saturated heterocycles. The molecule has 2 atom stereocenters. The second-order valence-corrected chi connectivity index (χ2v) is 4.47. The molecule has 1 fully saturated rings. The molecule has 1 saturated carbocycles. The summed E-state index contributed by atoms with van der Waals surface area (Å²) in [5.74, 6) is 0.324. The molecule has 0 bridgehead atoms. The number of hydrogen-bond donors (Lipinski definition) is 1. The molecular formula is C10H10Cl2O. The Morgan fingerprint density at radius 1 is 1.38 bits per heavy atom. The monoisotopic (exact) mass is 216 g/mol. The highest BCUT2D eigenvalue weighted by atomic mass is 35.5. The van der Waals surface area contributed by atoms with Gasteiger partial charge in [0.05, 0.1) is 15.6 Å². The van der Waals surface area contributed by atoms with E-state index in [2.05, 4.69) is 0 Å². The van der Waals surface area contributed by atoms with Gasteiger partial charge in [-0.2, -0.15) is 0 Å². The van der Waals surface area contributed by atoms with Gasteiger partial charge in [0, 0.05) is 0 Å². The maximum absolute atomic E-state index is 9.98. The lowest BCUT2D eigenvalue weighted by molar-refractivity contribution is 0.135. The largest absolute Gasteiger partial charge is 0.385 e. The Balaban J connectivity index is 2.38. The van der Waals surface area contributed by atoms with Crippen LogP contribution in [0.1, 0.15) is 18.9 Å². The van der Waals surface area contributed by atoms with Gasteiger partial charge in [0.1, 0.15) is 0 Å². The Labute approximate surface area is 87.3 Å². The van der Waals surface area contributed by atoms with Gasteiger partial charge in [-0.3, -0.25) is 0 Å². The number of aliphatic hydroxyl groups is 1. The van der Waals surface area contributed by atoms with Gasteiger partial charge in [-0.25, -0.2) is 0 Å². The average Bonchev–Trinajstić information content (AvgIpc) is 2.67. The quantitative estimate of drug-likeness (QED) is 0.765. The molecule has 1 aromatic carbocycles. The Hall–Kier alpha value is -0.240. The van der Waals surface area contributed by atoms with Crippen LogP contribution in [0.3, 0.4) is 0 Å². The maximum Gasteiger partial charge on any atom is 0.0927 e. The number of halogens is 2. The summed E-state index contributed by atoms with van der Waals surface area (Å²) in [6, 6.07) is 5.30. The topological polar surface area (TPSA) is 20.2 Å². The van der Waals surface area contributed by atoms with Crippen molar-refractivity contribution in [3.63, 3.8) is 0 Å². The van der Waals surface area contributed by atoms with Gasteiger partial charge < -0.3 is 5.11 Å². The Morgan fingerprint density at radius 2 is 2.00 bits per heavy atom. The molecule has 0 radical (unpaired) electrons. The predicted octanol–water partition coefficient (Wildman–Crippen LogP) is 3.22. The zero-order valence-electron chi connectivity index (χ0n) is 7.22. The highest BCUT2D eigenvalue weighted by Crippen LogP contribution is 2.52. The molecule has 1 nitrogen and oxygen atoms in total. The SMILES string of the molecule is CC1CC1(O)c1ccc(Cl)c(Cl)c1. The van der Waals surface area contributed by atoms with E-state index in [1.165, 1.54) is 0 Å². The van der Waals surface area contributed by atoms with Crippen molar-refractivity contribution in [2.75, 3.05) is 0 Å². The minimum absolute atomic E-state index is 0.324. The first-order chi connectivity index (χ1) is 6.04. The minimum atomic E-state index is -0.659. The molecule has 70 valence electrons. The average molecular weight is 217 g/mol. The van der Waals surface area contributed by atoms with E-state index < -0.39 is 5.60 Å². The fraction of sp³-hybridized carbons (Fsp3) is 0.400. The number of benzene rings is 1. The van der Waals surface area contributed by atoms with E-state index in [-0.39, 0.29) is 0 Å². The van der Waals surface area contributed by atoms with Crippen molar-refractivity contribution in [2.45, 2.75) is 18.9 Å². The molecule has 0 amide bonds. The smallest absolute Gasteiger partial charge is 0.0927 e. The Kier molecular flexibility index (Phi) is 2.06. The zero-order valence-corrected chi connectivity index (χ0v) is 8.73. The normalized spacial score (nSPS) is 31.8. The fourth-order valence-corrected chi connectivity index (χ4v) is 1.87. The summed E-state index contributed by atoms with van der Waals surface area (Å²) in [5, 5.41) is 11.0. The van der Waals surface area contributed by atoms with Crippen LogP contribution >= 0.6 is 23.2 Å². The Morgan fingerprint density at radius 3 is 2.46 bits per heavy atom. The first-order valence-electron chi connectivity index (χ1n) is 4.22. The summed E-state index contributed by atoms with van der Waals surface area (Å²) in [7, 11) is 0. The minimum Gasteiger partial charge on any atom is -0.385 e. The first-order valence-corrected chi connectivity index (χ1v) is 4.97. The van der Waals surface area contributed by atoms with E-state index in [1.54, 1.807) is 12.1 Å². The highest BCUT2D eigenvalue weighted by molar-refractivity contribution is 6.42. The zero-order chi connectivity index (χ0) is 9.64. The molecule has 0 heterocycles. The van der Waals surface area contributed by atoms with E-state index >= 15 is 0 Å². The molecule has 13 heavy (non-hydrogen) atoms. The van der Waals surface area contributed by atoms with Crippen LogP contribution in [0.4, 0.5) is 0 Å². The van der Waals surface area contributed by atoms with E-state index in [9.17, 15) is 5.11 Å². The third kappa shape index (κ3) is 1.45. The van der Waals surface area contributed by atoms with Crippen molar-refractivity contribution in [3.8, 4) is 0 Å². The molecule has 2 unspecified atom stereocenters. The summed E-state index contributed by atoms with van der Waals surface area (Å²) < 4.78 is 0. The van der Waals surface area contributed by atoms with E-state index in [0.717, 1.165) is 12.0 Å². The lowest BCUT2D eigenvalue weighted by Crippen LogP contribution is -2.06. The van der Waals surface area contributed by atoms with Crippen LogP contribution in [0, 0.1) is 5.92 Å². The standard InChI is InChI=1S/C10H10Cl2O/c1-6-5-10(6,13)7-2-3-8(11)9(12)4-7/h2-4,6,13H,5H2,1H3. The molecule has 1 aromatic rings. The lowest BCUT2D eigenvalue weighted by Gasteiger charge is -2.10. The third-order valence-corrected chi connectivity index (χ3v) is 3.43. The van der Waals surface area contributed by atoms with E-state index in [1.807, 2.05) is 13.0 Å². The first kappa shape index (κ1) is 9.32. The second kappa shape index (κ2) is 2.88. The van der Waals surface area contributed by atoms with Crippen LogP contribution in [0.5, 0.6) is 0 Å². The van der Waals surface area contributed by atoms with Gasteiger partial charge >= 0.3 is 0 Å². The molecular weight excluding hydrogens is 207 g/mol. The van der Waals surface area contributed by atoms with Crippen molar-refractivity contribution in [3.05, 3.63) is 33.8 Å². The summed E-state index contributed by atoms with van der Waals surface area (Å²) >= 11 is 11.6. The molecule has 1 N–H and O–H groups in total. The molecule has 0 spiro atoms. The third-order valence-electron chi connectivity index (χ3n) is 2.69.